The molecule has 1 heterocycles. The SMILES string of the molecule is CCn1nccc1CNC(=O)CCC(=O)O. The average molecular weight is 225 g/mol. The van der Waals surface area contributed by atoms with Crippen LogP contribution in [0.25, 0.3) is 0 Å². The Morgan fingerprint density at radius 1 is 1.50 bits per heavy atom. The zero-order valence-electron chi connectivity index (χ0n) is 9.14. The van der Waals surface area contributed by atoms with Crippen molar-refractivity contribution in [1.29, 1.82) is 0 Å². The molecule has 88 valence electrons. The molecule has 0 saturated heterocycles. The van der Waals surface area contributed by atoms with Crippen LogP contribution in [0.1, 0.15) is 25.5 Å². The second-order valence-electron chi connectivity index (χ2n) is 3.31. The van der Waals surface area contributed by atoms with Crippen molar-refractivity contribution in [3.63, 3.8) is 0 Å². The predicted octanol–water partition coefficient (Wildman–Crippen LogP) is 0.384. The molecule has 2 N–H and O–H groups in total. The summed E-state index contributed by atoms with van der Waals surface area (Å²) < 4.78 is 1.78. The van der Waals surface area contributed by atoms with Crippen molar-refractivity contribution in [3.8, 4) is 0 Å². The van der Waals surface area contributed by atoms with Crippen LogP contribution in [0.5, 0.6) is 0 Å². The Morgan fingerprint density at radius 3 is 2.88 bits per heavy atom. The highest BCUT2D eigenvalue weighted by atomic mass is 16.4. The van der Waals surface area contributed by atoms with Crippen LogP contribution in [0.4, 0.5) is 0 Å². The molecule has 1 aromatic heterocycles. The van der Waals surface area contributed by atoms with Gasteiger partial charge in [0.05, 0.1) is 18.7 Å². The molecule has 0 fully saturated rings. The lowest BCUT2D eigenvalue weighted by atomic mass is 10.3. The minimum atomic E-state index is -0.964. The normalized spacial score (nSPS) is 10.1. The Hall–Kier alpha value is -1.85. The summed E-state index contributed by atoms with van der Waals surface area (Å²) in [6.45, 7) is 3.09. The van der Waals surface area contributed by atoms with Gasteiger partial charge in [0.1, 0.15) is 0 Å². The number of carbonyl (C=O) groups excluding carboxylic acids is 1. The molecule has 0 atom stereocenters. The lowest BCUT2D eigenvalue weighted by molar-refractivity contribution is -0.138. The average Bonchev–Trinajstić information content (AvgIpc) is 2.70. The van der Waals surface area contributed by atoms with Crippen LogP contribution < -0.4 is 5.32 Å². The fraction of sp³-hybridized carbons (Fsp3) is 0.500. The highest BCUT2D eigenvalue weighted by molar-refractivity contribution is 5.80. The van der Waals surface area contributed by atoms with E-state index in [1.165, 1.54) is 0 Å². The van der Waals surface area contributed by atoms with Crippen LogP contribution >= 0.6 is 0 Å². The lowest BCUT2D eigenvalue weighted by Gasteiger charge is -2.06. The molecule has 0 unspecified atom stereocenters. The molecule has 1 aromatic rings. The van der Waals surface area contributed by atoms with Crippen LogP contribution in [0, 0.1) is 0 Å². The van der Waals surface area contributed by atoms with E-state index in [1.807, 2.05) is 13.0 Å². The minimum Gasteiger partial charge on any atom is -0.481 e. The van der Waals surface area contributed by atoms with Gasteiger partial charge in [0, 0.05) is 19.2 Å². The van der Waals surface area contributed by atoms with Crippen molar-refractivity contribution in [3.05, 3.63) is 18.0 Å². The van der Waals surface area contributed by atoms with Gasteiger partial charge < -0.3 is 10.4 Å². The number of carboxylic acid groups (broad SMARTS) is 1. The van der Waals surface area contributed by atoms with E-state index >= 15 is 0 Å². The van der Waals surface area contributed by atoms with Crippen LogP contribution in [-0.4, -0.2) is 26.8 Å². The zero-order chi connectivity index (χ0) is 12.0. The Morgan fingerprint density at radius 2 is 2.25 bits per heavy atom. The quantitative estimate of drug-likeness (QED) is 0.733. The van der Waals surface area contributed by atoms with Gasteiger partial charge in [-0.3, -0.25) is 14.3 Å². The summed E-state index contributed by atoms with van der Waals surface area (Å²) in [5.74, 6) is -1.22. The number of hydrogen-bond donors (Lipinski definition) is 2. The van der Waals surface area contributed by atoms with Crippen molar-refractivity contribution in [2.75, 3.05) is 0 Å². The van der Waals surface area contributed by atoms with Gasteiger partial charge >= 0.3 is 5.97 Å². The number of aliphatic carboxylic acids is 1. The molecule has 0 radical (unpaired) electrons. The van der Waals surface area contributed by atoms with Gasteiger partial charge in [0.25, 0.3) is 0 Å². The molecule has 6 heteroatoms. The molecule has 1 rings (SSSR count). The summed E-state index contributed by atoms with van der Waals surface area (Å²) >= 11 is 0. The van der Waals surface area contributed by atoms with Crippen LogP contribution in [-0.2, 0) is 22.7 Å². The number of nitrogens with zero attached hydrogens (tertiary/aromatic N) is 2. The molecule has 0 saturated carbocycles. The summed E-state index contributed by atoms with van der Waals surface area (Å²) in [6, 6.07) is 1.82. The summed E-state index contributed by atoms with van der Waals surface area (Å²) in [5.41, 5.74) is 0.908. The number of rotatable bonds is 6. The maximum Gasteiger partial charge on any atom is 0.303 e. The topological polar surface area (TPSA) is 84.2 Å². The van der Waals surface area contributed by atoms with E-state index in [1.54, 1.807) is 10.9 Å². The number of hydrogen-bond acceptors (Lipinski definition) is 3. The second kappa shape index (κ2) is 5.89. The summed E-state index contributed by atoms with van der Waals surface area (Å²) in [5, 5.41) is 15.1. The highest BCUT2D eigenvalue weighted by Gasteiger charge is 2.06. The first-order chi connectivity index (χ1) is 7.63. The van der Waals surface area contributed by atoms with Crippen molar-refractivity contribution >= 4 is 11.9 Å². The largest absolute Gasteiger partial charge is 0.481 e. The van der Waals surface area contributed by atoms with Gasteiger partial charge in [0.15, 0.2) is 0 Å². The van der Waals surface area contributed by atoms with Crippen molar-refractivity contribution in [2.45, 2.75) is 32.9 Å². The number of aryl methyl sites for hydroxylation is 1. The third-order valence-electron chi connectivity index (χ3n) is 2.14. The molecule has 0 aliphatic carbocycles. The number of carbonyl (C=O) groups is 2. The third-order valence-corrected chi connectivity index (χ3v) is 2.14. The van der Waals surface area contributed by atoms with Gasteiger partial charge in [-0.05, 0) is 13.0 Å². The number of aromatic nitrogens is 2. The first-order valence-corrected chi connectivity index (χ1v) is 5.12. The minimum absolute atomic E-state index is 0.00952. The van der Waals surface area contributed by atoms with Crippen molar-refractivity contribution in [2.24, 2.45) is 0 Å². The molecule has 0 spiro atoms. The van der Waals surface area contributed by atoms with Gasteiger partial charge in [-0.25, -0.2) is 0 Å². The van der Waals surface area contributed by atoms with Crippen molar-refractivity contribution in [1.82, 2.24) is 15.1 Å². The zero-order valence-corrected chi connectivity index (χ0v) is 9.14. The molecule has 6 nitrogen and oxygen atoms in total. The monoisotopic (exact) mass is 225 g/mol. The number of amides is 1. The molecular formula is C10H15N3O3. The van der Waals surface area contributed by atoms with Crippen LogP contribution in [0.3, 0.4) is 0 Å². The first kappa shape index (κ1) is 12.2. The van der Waals surface area contributed by atoms with Gasteiger partial charge in [0.2, 0.25) is 5.91 Å². The van der Waals surface area contributed by atoms with E-state index in [-0.39, 0.29) is 18.7 Å². The van der Waals surface area contributed by atoms with E-state index in [2.05, 4.69) is 10.4 Å². The highest BCUT2D eigenvalue weighted by Crippen LogP contribution is 1.98. The van der Waals surface area contributed by atoms with Crippen molar-refractivity contribution < 1.29 is 14.7 Å². The van der Waals surface area contributed by atoms with E-state index in [0.717, 1.165) is 12.2 Å². The van der Waals surface area contributed by atoms with E-state index in [4.69, 9.17) is 5.11 Å². The first-order valence-electron chi connectivity index (χ1n) is 5.12. The fourth-order valence-electron chi connectivity index (χ4n) is 1.29. The molecule has 1 amide bonds. The van der Waals surface area contributed by atoms with Crippen LogP contribution in [0.2, 0.25) is 0 Å². The maximum atomic E-state index is 11.2. The Bertz CT molecular complexity index is 373. The molecular weight excluding hydrogens is 210 g/mol. The maximum absolute atomic E-state index is 11.2. The molecule has 16 heavy (non-hydrogen) atoms. The number of carboxylic acids is 1. The lowest BCUT2D eigenvalue weighted by Crippen LogP contribution is -2.24. The summed E-state index contributed by atoms with van der Waals surface area (Å²) in [6.07, 6.45) is 1.54. The van der Waals surface area contributed by atoms with E-state index in [9.17, 15) is 9.59 Å². The number of nitrogens with one attached hydrogen (secondary N) is 1. The second-order valence-corrected chi connectivity index (χ2v) is 3.31. The summed E-state index contributed by atoms with van der Waals surface area (Å²) in [7, 11) is 0. The molecule has 0 bridgehead atoms. The Balaban J connectivity index is 2.34. The van der Waals surface area contributed by atoms with Gasteiger partial charge in [-0.1, -0.05) is 0 Å². The standard InChI is InChI=1S/C10H15N3O3/c1-2-13-8(5-6-12-13)7-11-9(14)3-4-10(15)16/h5-6H,2-4,7H2,1H3,(H,11,14)(H,15,16). The smallest absolute Gasteiger partial charge is 0.303 e. The molecule has 0 aromatic carbocycles. The van der Waals surface area contributed by atoms with Gasteiger partial charge in [-0.15, -0.1) is 0 Å². The van der Waals surface area contributed by atoms with Gasteiger partial charge in [-0.2, -0.15) is 5.10 Å². The Kier molecular flexibility index (Phi) is 4.50. The van der Waals surface area contributed by atoms with Crippen LogP contribution in [0.15, 0.2) is 12.3 Å². The molecule has 0 aliphatic heterocycles. The third kappa shape index (κ3) is 3.72. The fourth-order valence-corrected chi connectivity index (χ4v) is 1.29. The predicted molar refractivity (Wildman–Crippen MR) is 56.6 cm³/mol. The summed E-state index contributed by atoms with van der Waals surface area (Å²) in [4.78, 5) is 21.5. The molecule has 0 aliphatic rings. The Labute approximate surface area is 93.3 Å². The van der Waals surface area contributed by atoms with E-state index in [0.29, 0.717) is 6.54 Å². The van der Waals surface area contributed by atoms with E-state index < -0.39 is 5.97 Å².